The van der Waals surface area contributed by atoms with Crippen LogP contribution in [0.1, 0.15) is 18.9 Å². The summed E-state index contributed by atoms with van der Waals surface area (Å²) in [5.74, 6) is 1.52. The van der Waals surface area contributed by atoms with Crippen LogP contribution in [0, 0.1) is 0 Å². The Hall–Kier alpha value is -2.80. The summed E-state index contributed by atoms with van der Waals surface area (Å²) in [5.41, 5.74) is 2.66. The molecule has 2 aromatic carbocycles. The monoisotopic (exact) mass is 427 g/mol. The highest BCUT2D eigenvalue weighted by atomic mass is 32.2. The summed E-state index contributed by atoms with van der Waals surface area (Å²) in [5, 5.41) is 3.35. The minimum absolute atomic E-state index is 0.287. The van der Waals surface area contributed by atoms with E-state index in [1.54, 1.807) is 24.3 Å². The molecule has 0 unspecified atom stereocenters. The Bertz CT molecular complexity index is 984. The number of aliphatic imine (C=N–C) groups is 1. The molecule has 0 saturated carbocycles. The minimum atomic E-state index is -3.19. The first-order valence-electron chi connectivity index (χ1n) is 10.2. The van der Waals surface area contributed by atoms with E-state index in [-0.39, 0.29) is 4.90 Å². The predicted molar refractivity (Wildman–Crippen MR) is 122 cm³/mol. The number of nitrogens with zero attached hydrogens (tertiary/aromatic N) is 2. The molecular formula is C23H29N3O3S. The Morgan fingerprint density at radius 3 is 2.47 bits per heavy atom. The summed E-state index contributed by atoms with van der Waals surface area (Å²) in [6.45, 7) is 5.54. The van der Waals surface area contributed by atoms with Gasteiger partial charge in [0.15, 0.2) is 15.8 Å². The van der Waals surface area contributed by atoms with Gasteiger partial charge in [-0.05, 0) is 48.7 Å². The predicted octanol–water partition coefficient (Wildman–Crippen LogP) is 3.22. The zero-order valence-corrected chi connectivity index (χ0v) is 18.4. The first kappa shape index (κ1) is 21.9. The van der Waals surface area contributed by atoms with Crippen LogP contribution in [0.25, 0.3) is 5.57 Å². The Balaban J connectivity index is 1.54. The molecule has 0 spiro atoms. The fourth-order valence-electron chi connectivity index (χ4n) is 3.30. The molecule has 30 heavy (non-hydrogen) atoms. The van der Waals surface area contributed by atoms with Crippen LogP contribution < -0.4 is 10.1 Å². The van der Waals surface area contributed by atoms with Crippen LogP contribution in [-0.4, -0.2) is 58.3 Å². The van der Waals surface area contributed by atoms with Gasteiger partial charge in [-0.15, -0.1) is 0 Å². The van der Waals surface area contributed by atoms with Gasteiger partial charge in [0.05, 0.1) is 11.4 Å². The van der Waals surface area contributed by atoms with Crippen molar-refractivity contribution in [3.8, 4) is 5.75 Å². The molecule has 1 aliphatic heterocycles. The molecule has 0 radical (unpaired) electrons. The molecule has 0 aromatic heterocycles. The van der Waals surface area contributed by atoms with Gasteiger partial charge in [0.25, 0.3) is 0 Å². The summed E-state index contributed by atoms with van der Waals surface area (Å²) >= 11 is 0. The third-order valence-electron chi connectivity index (χ3n) is 4.86. The maximum Gasteiger partial charge on any atom is 0.194 e. The van der Waals surface area contributed by atoms with Crippen LogP contribution in [0.15, 0.2) is 70.6 Å². The van der Waals surface area contributed by atoms with Crippen molar-refractivity contribution < 1.29 is 13.2 Å². The van der Waals surface area contributed by atoms with Crippen molar-refractivity contribution in [2.45, 2.75) is 18.2 Å². The second-order valence-electron chi connectivity index (χ2n) is 7.12. The molecule has 2 aromatic rings. The fraction of sp³-hybridized carbons (Fsp3) is 0.348. The Labute approximate surface area is 179 Å². The highest BCUT2D eigenvalue weighted by Gasteiger charge is 2.16. The van der Waals surface area contributed by atoms with Gasteiger partial charge < -0.3 is 15.0 Å². The number of benzene rings is 2. The SMILES string of the molecule is CCNC(=NCCOc1ccc(S(C)(=O)=O)cc1)N1CC=C(c2ccccc2)CC1. The molecule has 0 fully saturated rings. The minimum Gasteiger partial charge on any atom is -0.492 e. The molecule has 1 aliphatic rings. The maximum atomic E-state index is 11.5. The fourth-order valence-corrected chi connectivity index (χ4v) is 3.93. The number of hydrogen-bond acceptors (Lipinski definition) is 4. The molecule has 6 nitrogen and oxygen atoms in total. The lowest BCUT2D eigenvalue weighted by Crippen LogP contribution is -2.43. The smallest absolute Gasteiger partial charge is 0.194 e. The highest BCUT2D eigenvalue weighted by molar-refractivity contribution is 7.90. The first-order chi connectivity index (χ1) is 14.5. The van der Waals surface area contributed by atoms with Crippen molar-refractivity contribution in [1.29, 1.82) is 0 Å². The molecule has 1 N–H and O–H groups in total. The van der Waals surface area contributed by atoms with Gasteiger partial charge in [0.1, 0.15) is 12.4 Å². The van der Waals surface area contributed by atoms with Gasteiger partial charge in [-0.25, -0.2) is 13.4 Å². The van der Waals surface area contributed by atoms with Crippen LogP contribution in [0.4, 0.5) is 0 Å². The van der Waals surface area contributed by atoms with Crippen molar-refractivity contribution in [2.75, 3.05) is 39.0 Å². The van der Waals surface area contributed by atoms with Crippen LogP contribution >= 0.6 is 0 Å². The number of rotatable bonds is 7. The van der Waals surface area contributed by atoms with Crippen molar-refractivity contribution in [2.24, 2.45) is 4.99 Å². The third-order valence-corrected chi connectivity index (χ3v) is 5.99. The topological polar surface area (TPSA) is 71.0 Å². The molecule has 0 saturated heterocycles. The number of guanidine groups is 1. The van der Waals surface area contributed by atoms with Crippen molar-refractivity contribution in [3.05, 3.63) is 66.2 Å². The van der Waals surface area contributed by atoms with E-state index in [2.05, 4.69) is 52.5 Å². The van der Waals surface area contributed by atoms with Gasteiger partial charge in [-0.1, -0.05) is 36.4 Å². The van der Waals surface area contributed by atoms with E-state index in [4.69, 9.17) is 4.74 Å². The third kappa shape index (κ3) is 6.10. The van der Waals surface area contributed by atoms with Crippen LogP contribution in [0.3, 0.4) is 0 Å². The lowest BCUT2D eigenvalue weighted by Gasteiger charge is -2.29. The maximum absolute atomic E-state index is 11.5. The van der Waals surface area contributed by atoms with E-state index in [1.807, 2.05) is 6.07 Å². The second-order valence-corrected chi connectivity index (χ2v) is 9.13. The van der Waals surface area contributed by atoms with Crippen LogP contribution in [0.2, 0.25) is 0 Å². The van der Waals surface area contributed by atoms with Gasteiger partial charge in [0, 0.05) is 25.9 Å². The number of sulfone groups is 1. The average molecular weight is 428 g/mol. The molecule has 1 heterocycles. The standard InChI is InChI=1S/C23H29N3O3S/c1-3-24-23(26-16-13-20(14-17-26)19-7-5-4-6-8-19)25-15-18-29-21-9-11-22(12-10-21)30(2,27)28/h4-13H,3,14-18H2,1-2H3,(H,24,25). The van der Waals surface area contributed by atoms with E-state index in [9.17, 15) is 8.42 Å². The highest BCUT2D eigenvalue weighted by Crippen LogP contribution is 2.22. The van der Waals surface area contributed by atoms with Crippen molar-refractivity contribution in [3.63, 3.8) is 0 Å². The van der Waals surface area contributed by atoms with Crippen molar-refractivity contribution >= 4 is 21.4 Å². The van der Waals surface area contributed by atoms with Gasteiger partial charge in [-0.2, -0.15) is 0 Å². The Kier molecular flexibility index (Phi) is 7.52. The molecule has 0 amide bonds. The van der Waals surface area contributed by atoms with E-state index in [0.29, 0.717) is 18.9 Å². The molecule has 0 bridgehead atoms. The average Bonchev–Trinajstić information content (AvgIpc) is 2.76. The van der Waals surface area contributed by atoms with E-state index >= 15 is 0 Å². The van der Waals surface area contributed by atoms with E-state index in [0.717, 1.165) is 32.0 Å². The van der Waals surface area contributed by atoms with Gasteiger partial charge >= 0.3 is 0 Å². The summed E-state index contributed by atoms with van der Waals surface area (Å²) in [7, 11) is -3.19. The zero-order valence-electron chi connectivity index (χ0n) is 17.5. The number of nitrogens with one attached hydrogen (secondary N) is 1. The lowest BCUT2D eigenvalue weighted by molar-refractivity contribution is 0.326. The lowest BCUT2D eigenvalue weighted by atomic mass is 10.00. The molecule has 160 valence electrons. The van der Waals surface area contributed by atoms with Gasteiger partial charge in [-0.3, -0.25) is 0 Å². The molecular weight excluding hydrogens is 398 g/mol. The zero-order chi connectivity index (χ0) is 21.4. The Morgan fingerprint density at radius 1 is 1.13 bits per heavy atom. The summed E-state index contributed by atoms with van der Waals surface area (Å²) < 4.78 is 28.7. The quantitative estimate of drug-likeness (QED) is 0.417. The largest absolute Gasteiger partial charge is 0.492 e. The summed E-state index contributed by atoms with van der Waals surface area (Å²) in [6, 6.07) is 17.0. The van der Waals surface area contributed by atoms with E-state index < -0.39 is 9.84 Å². The summed E-state index contributed by atoms with van der Waals surface area (Å²) in [4.78, 5) is 7.22. The molecule has 3 rings (SSSR count). The summed E-state index contributed by atoms with van der Waals surface area (Å²) in [6.07, 6.45) is 4.45. The van der Waals surface area contributed by atoms with Gasteiger partial charge in [0.2, 0.25) is 0 Å². The van der Waals surface area contributed by atoms with Crippen molar-refractivity contribution in [1.82, 2.24) is 10.2 Å². The Morgan fingerprint density at radius 2 is 1.87 bits per heavy atom. The molecule has 0 aliphatic carbocycles. The normalized spacial score (nSPS) is 14.9. The number of hydrogen-bond donors (Lipinski definition) is 1. The van der Waals surface area contributed by atoms with E-state index in [1.165, 1.54) is 17.4 Å². The number of ether oxygens (including phenoxy) is 1. The molecule has 7 heteroatoms. The van der Waals surface area contributed by atoms with Crippen LogP contribution in [0.5, 0.6) is 5.75 Å². The second kappa shape index (κ2) is 10.3. The van der Waals surface area contributed by atoms with Crippen LogP contribution in [-0.2, 0) is 9.84 Å². The first-order valence-corrected chi connectivity index (χ1v) is 12.1. The molecule has 0 atom stereocenters.